The van der Waals surface area contributed by atoms with Crippen molar-refractivity contribution in [1.82, 2.24) is 10.3 Å². The number of nitrogens with zero attached hydrogens (tertiary/aromatic N) is 1. The molecule has 0 bridgehead atoms. The summed E-state index contributed by atoms with van der Waals surface area (Å²) in [7, 11) is 0. The molecular weight excluding hydrogens is 462 g/mol. The van der Waals surface area contributed by atoms with Gasteiger partial charge < -0.3 is 15.7 Å². The van der Waals surface area contributed by atoms with Gasteiger partial charge >= 0.3 is 5.97 Å². The second kappa shape index (κ2) is 9.92. The van der Waals surface area contributed by atoms with Crippen molar-refractivity contribution in [2.75, 3.05) is 5.32 Å². The number of carboxylic acid groups (broad SMARTS) is 1. The highest BCUT2D eigenvalue weighted by Gasteiger charge is 2.65. The molecule has 1 amide bonds. The maximum absolute atomic E-state index is 14.1. The molecule has 0 saturated carbocycles. The van der Waals surface area contributed by atoms with Crippen LogP contribution in [0.4, 0.5) is 5.69 Å². The summed E-state index contributed by atoms with van der Waals surface area (Å²) in [5.41, 5.74) is -0.373. The predicted molar refractivity (Wildman–Crippen MR) is 137 cm³/mol. The minimum atomic E-state index is -1.91. The average Bonchev–Trinajstić information content (AvgIpc) is 2.84. The van der Waals surface area contributed by atoms with Crippen molar-refractivity contribution in [3.8, 4) is 0 Å². The molecule has 0 fully saturated rings. The Balaban J connectivity index is 1.89. The molecule has 35 heavy (non-hydrogen) atoms. The van der Waals surface area contributed by atoms with Gasteiger partial charge in [0, 0.05) is 34.2 Å². The summed E-state index contributed by atoms with van der Waals surface area (Å²) in [6, 6.07) is 21.6. The molecule has 6 nitrogen and oxygen atoms in total. The molecule has 1 aliphatic heterocycles. The maximum atomic E-state index is 14.1. The zero-order valence-electron chi connectivity index (χ0n) is 19.7. The molecule has 180 valence electrons. The molecule has 1 aliphatic rings. The smallest absolute Gasteiger partial charge is 0.322 e. The number of benzene rings is 2. The van der Waals surface area contributed by atoms with E-state index < -0.39 is 28.7 Å². The molecule has 4 rings (SSSR count). The fourth-order valence-corrected chi connectivity index (χ4v) is 5.39. The van der Waals surface area contributed by atoms with Crippen LogP contribution in [-0.2, 0) is 16.0 Å². The lowest BCUT2D eigenvalue weighted by Crippen LogP contribution is -2.68. The van der Waals surface area contributed by atoms with Gasteiger partial charge in [0.15, 0.2) is 5.41 Å². The number of aliphatic carboxylic acids is 1. The summed E-state index contributed by atoms with van der Waals surface area (Å²) in [6.45, 7) is 3.68. The van der Waals surface area contributed by atoms with Crippen molar-refractivity contribution in [1.29, 1.82) is 0 Å². The number of aryl methyl sites for hydroxylation is 1. The molecule has 2 aromatic carbocycles. The number of carbonyl (C=O) groups excluding carboxylic acids is 1. The van der Waals surface area contributed by atoms with Crippen LogP contribution in [-0.4, -0.2) is 27.5 Å². The Morgan fingerprint density at radius 2 is 1.74 bits per heavy atom. The molecule has 0 spiro atoms. The predicted octanol–water partition coefficient (Wildman–Crippen LogP) is 5.43. The number of para-hydroxylation sites is 1. The van der Waals surface area contributed by atoms with E-state index in [-0.39, 0.29) is 0 Å². The molecule has 1 aromatic heterocycles. The van der Waals surface area contributed by atoms with Gasteiger partial charge in [-0.25, -0.2) is 0 Å². The summed E-state index contributed by atoms with van der Waals surface area (Å²) in [5, 5.41) is 17.5. The van der Waals surface area contributed by atoms with E-state index in [1.807, 2.05) is 31.2 Å². The second-order valence-corrected chi connectivity index (χ2v) is 9.47. The van der Waals surface area contributed by atoms with Gasteiger partial charge in [0.05, 0.1) is 5.54 Å². The lowest BCUT2D eigenvalue weighted by atomic mass is 9.56. The number of nitrogens with one attached hydrogen (secondary N) is 2. The van der Waals surface area contributed by atoms with Crippen molar-refractivity contribution < 1.29 is 14.7 Å². The quantitative estimate of drug-likeness (QED) is 0.385. The van der Waals surface area contributed by atoms with Gasteiger partial charge in [-0.1, -0.05) is 60.1 Å². The van der Waals surface area contributed by atoms with Crippen LogP contribution < -0.4 is 10.6 Å². The number of anilines is 1. The molecule has 0 saturated heterocycles. The van der Waals surface area contributed by atoms with Crippen molar-refractivity contribution in [3.63, 3.8) is 0 Å². The van der Waals surface area contributed by atoms with Crippen LogP contribution in [0, 0.1) is 5.41 Å². The first kappa shape index (κ1) is 24.5. The normalized spacial score (nSPS) is 23.6. The number of halogens is 1. The number of hydrogen-bond donors (Lipinski definition) is 3. The fourth-order valence-electron chi connectivity index (χ4n) is 5.14. The van der Waals surface area contributed by atoms with Crippen LogP contribution in [0.5, 0.6) is 0 Å². The Morgan fingerprint density at radius 1 is 1.06 bits per heavy atom. The number of rotatable bonds is 7. The van der Waals surface area contributed by atoms with Crippen LogP contribution in [0.1, 0.15) is 37.4 Å². The third-order valence-corrected chi connectivity index (χ3v) is 7.15. The van der Waals surface area contributed by atoms with Crippen LogP contribution in [0.15, 0.2) is 90.8 Å². The number of hydrogen-bond acceptors (Lipinski definition) is 4. The van der Waals surface area contributed by atoms with Crippen molar-refractivity contribution in [2.45, 2.75) is 38.1 Å². The lowest BCUT2D eigenvalue weighted by Gasteiger charge is -2.52. The maximum Gasteiger partial charge on any atom is 0.322 e. The largest absolute Gasteiger partial charge is 0.480 e. The number of aromatic nitrogens is 1. The fraction of sp³-hybridized carbons (Fsp3) is 0.250. The van der Waals surface area contributed by atoms with Crippen LogP contribution in [0.3, 0.4) is 0 Å². The number of amides is 1. The number of carbonyl (C=O) groups is 2. The highest BCUT2D eigenvalue weighted by Crippen LogP contribution is 2.52. The van der Waals surface area contributed by atoms with Crippen molar-refractivity contribution in [2.24, 2.45) is 5.41 Å². The summed E-state index contributed by atoms with van der Waals surface area (Å²) in [4.78, 5) is 31.9. The van der Waals surface area contributed by atoms with Crippen LogP contribution in [0.25, 0.3) is 0 Å². The first-order valence-electron chi connectivity index (χ1n) is 11.5. The molecular formula is C28H28ClN3O3. The summed E-state index contributed by atoms with van der Waals surface area (Å²) >= 11 is 6.58. The Kier molecular flexibility index (Phi) is 6.94. The minimum Gasteiger partial charge on any atom is -0.480 e. The first-order valence-corrected chi connectivity index (χ1v) is 11.9. The topological polar surface area (TPSA) is 91.3 Å². The van der Waals surface area contributed by atoms with E-state index in [0.29, 0.717) is 29.1 Å². The average molecular weight is 490 g/mol. The Labute approximate surface area is 210 Å². The number of carboxylic acids is 1. The zero-order valence-corrected chi connectivity index (χ0v) is 20.4. The Hall–Kier alpha value is -3.64. The number of allylic oxidation sites excluding steroid dienone is 2. The van der Waals surface area contributed by atoms with Crippen molar-refractivity contribution in [3.05, 3.63) is 107 Å². The van der Waals surface area contributed by atoms with E-state index in [4.69, 9.17) is 11.6 Å². The monoisotopic (exact) mass is 489 g/mol. The second-order valence-electron chi connectivity index (χ2n) is 9.06. The van der Waals surface area contributed by atoms with E-state index in [0.717, 1.165) is 11.4 Å². The molecule has 0 radical (unpaired) electrons. The third-order valence-electron chi connectivity index (χ3n) is 6.80. The summed E-state index contributed by atoms with van der Waals surface area (Å²) < 4.78 is 0. The first-order chi connectivity index (χ1) is 16.8. The molecule has 2 heterocycles. The van der Waals surface area contributed by atoms with Gasteiger partial charge in [0.1, 0.15) is 0 Å². The molecule has 3 aromatic rings. The SMILES string of the molecule is CC1=CC(c2ccccc2Cl)C(C(=O)O)(C(=O)Nc2ccccc2)C(C)(CCc2ccccn2)N1. The summed E-state index contributed by atoms with van der Waals surface area (Å²) in [6.07, 6.45) is 4.34. The van der Waals surface area contributed by atoms with Crippen molar-refractivity contribution >= 4 is 29.2 Å². The van der Waals surface area contributed by atoms with Gasteiger partial charge in [-0.15, -0.1) is 0 Å². The van der Waals surface area contributed by atoms with Gasteiger partial charge in [-0.05, 0) is 62.6 Å². The molecule has 7 heteroatoms. The highest BCUT2D eigenvalue weighted by atomic mass is 35.5. The van der Waals surface area contributed by atoms with E-state index >= 15 is 0 Å². The lowest BCUT2D eigenvalue weighted by molar-refractivity contribution is -0.162. The minimum absolute atomic E-state index is 0.352. The van der Waals surface area contributed by atoms with Gasteiger partial charge in [0.25, 0.3) is 0 Å². The van der Waals surface area contributed by atoms with E-state index in [1.165, 1.54) is 0 Å². The summed E-state index contributed by atoms with van der Waals surface area (Å²) in [5.74, 6) is -2.65. The zero-order chi connectivity index (χ0) is 25.1. The third kappa shape index (κ3) is 4.54. The van der Waals surface area contributed by atoms with E-state index in [9.17, 15) is 14.7 Å². The Bertz CT molecular complexity index is 1250. The van der Waals surface area contributed by atoms with E-state index in [2.05, 4.69) is 15.6 Å². The van der Waals surface area contributed by atoms with Gasteiger partial charge in [-0.2, -0.15) is 0 Å². The van der Waals surface area contributed by atoms with Gasteiger partial charge in [-0.3, -0.25) is 14.6 Å². The van der Waals surface area contributed by atoms with Crippen LogP contribution in [0.2, 0.25) is 5.02 Å². The standard InChI is InChI=1S/C28H28ClN3O3/c1-19-18-23(22-13-6-7-14-24(22)29)28(26(34)35,25(33)31-21-11-4-3-5-12-21)27(2,32-19)16-15-20-10-8-9-17-30-20/h3-14,17-18,23,32H,15-16H2,1-2H3,(H,31,33)(H,34,35). The molecule has 3 N–H and O–H groups in total. The Morgan fingerprint density at radius 3 is 2.40 bits per heavy atom. The van der Waals surface area contributed by atoms with Crippen LogP contribution >= 0.6 is 11.6 Å². The number of pyridine rings is 1. The highest BCUT2D eigenvalue weighted by molar-refractivity contribution is 6.31. The molecule has 3 unspecified atom stereocenters. The van der Waals surface area contributed by atoms with Gasteiger partial charge in [0.2, 0.25) is 5.91 Å². The molecule has 0 aliphatic carbocycles. The van der Waals surface area contributed by atoms with E-state index in [1.54, 1.807) is 67.7 Å². The molecule has 3 atom stereocenters.